The fraction of sp³-hybridized carbons (Fsp3) is 0.846. The molecular formula is C13H23N3O3. The number of nitrogens with zero attached hydrogens (tertiary/aromatic N) is 1. The maximum atomic E-state index is 11.6. The lowest BCUT2D eigenvalue weighted by molar-refractivity contribution is 0.158. The van der Waals surface area contributed by atoms with E-state index >= 15 is 0 Å². The molecule has 1 saturated heterocycles. The molecule has 0 atom stereocenters. The van der Waals surface area contributed by atoms with Crippen molar-refractivity contribution in [1.82, 2.24) is 15.5 Å². The molecule has 3 amide bonds. The third kappa shape index (κ3) is 4.61. The highest BCUT2D eigenvalue weighted by Gasteiger charge is 2.21. The van der Waals surface area contributed by atoms with Crippen molar-refractivity contribution < 1.29 is 14.3 Å². The monoisotopic (exact) mass is 269 g/mol. The zero-order valence-electron chi connectivity index (χ0n) is 11.3. The third-order valence-corrected chi connectivity index (χ3v) is 3.68. The van der Waals surface area contributed by atoms with Gasteiger partial charge in [-0.3, -0.25) is 0 Å². The Morgan fingerprint density at radius 2 is 2.11 bits per heavy atom. The van der Waals surface area contributed by atoms with Gasteiger partial charge in [0.1, 0.15) is 6.61 Å². The molecule has 2 N–H and O–H groups in total. The Morgan fingerprint density at radius 1 is 1.32 bits per heavy atom. The van der Waals surface area contributed by atoms with Gasteiger partial charge >= 0.3 is 12.1 Å². The molecule has 0 spiro atoms. The van der Waals surface area contributed by atoms with Gasteiger partial charge in [0.15, 0.2) is 0 Å². The Kier molecular flexibility index (Phi) is 5.30. The fourth-order valence-corrected chi connectivity index (χ4v) is 2.58. The zero-order valence-corrected chi connectivity index (χ0v) is 11.3. The first kappa shape index (κ1) is 14.0. The topological polar surface area (TPSA) is 70.7 Å². The molecule has 6 heteroatoms. The van der Waals surface area contributed by atoms with Crippen molar-refractivity contribution in [2.45, 2.75) is 44.6 Å². The van der Waals surface area contributed by atoms with Gasteiger partial charge < -0.3 is 20.3 Å². The summed E-state index contributed by atoms with van der Waals surface area (Å²) < 4.78 is 4.83. The molecule has 108 valence electrons. The summed E-state index contributed by atoms with van der Waals surface area (Å²) in [6.07, 6.45) is 6.40. The van der Waals surface area contributed by atoms with Crippen molar-refractivity contribution in [2.24, 2.45) is 0 Å². The normalized spacial score (nSPS) is 20.2. The number of carbonyl (C=O) groups is 2. The lowest BCUT2D eigenvalue weighted by Crippen LogP contribution is -2.43. The predicted molar refractivity (Wildman–Crippen MR) is 70.9 cm³/mol. The van der Waals surface area contributed by atoms with E-state index in [9.17, 15) is 9.59 Å². The number of urea groups is 1. The van der Waals surface area contributed by atoms with Gasteiger partial charge in [0.05, 0.1) is 6.54 Å². The Bertz CT molecular complexity index is 316. The van der Waals surface area contributed by atoms with E-state index in [4.69, 9.17) is 4.74 Å². The number of hydrogen-bond donors (Lipinski definition) is 2. The first-order chi connectivity index (χ1) is 9.25. The van der Waals surface area contributed by atoms with Crippen molar-refractivity contribution in [2.75, 3.05) is 26.2 Å². The standard InChI is InChI=1S/C13H23N3O3/c17-12(15-11-5-2-1-3-6-11)14-7-4-8-16-9-10-19-13(16)18/h11H,1-10H2,(H2,14,15,17). The second-order valence-corrected chi connectivity index (χ2v) is 5.19. The minimum atomic E-state index is -0.244. The van der Waals surface area contributed by atoms with Crippen LogP contribution in [0.4, 0.5) is 9.59 Å². The smallest absolute Gasteiger partial charge is 0.409 e. The summed E-state index contributed by atoms with van der Waals surface area (Å²) >= 11 is 0. The van der Waals surface area contributed by atoms with Gasteiger partial charge in [-0.1, -0.05) is 19.3 Å². The molecule has 1 saturated carbocycles. The van der Waals surface area contributed by atoms with Crippen LogP contribution in [-0.2, 0) is 4.74 Å². The zero-order chi connectivity index (χ0) is 13.5. The highest BCUT2D eigenvalue weighted by molar-refractivity contribution is 5.74. The number of carbonyl (C=O) groups excluding carboxylic acids is 2. The summed E-state index contributed by atoms with van der Waals surface area (Å²) in [7, 11) is 0. The van der Waals surface area contributed by atoms with Crippen molar-refractivity contribution in [3.8, 4) is 0 Å². The summed E-state index contributed by atoms with van der Waals surface area (Å²) in [5.41, 5.74) is 0. The van der Waals surface area contributed by atoms with E-state index in [2.05, 4.69) is 10.6 Å². The SMILES string of the molecule is O=C(NCCCN1CCOC1=O)NC1CCCCC1. The molecule has 2 fully saturated rings. The molecule has 0 aromatic heterocycles. The van der Waals surface area contributed by atoms with Gasteiger partial charge in [-0.2, -0.15) is 0 Å². The Balaban J connectivity index is 1.52. The van der Waals surface area contributed by atoms with E-state index < -0.39 is 0 Å². The minimum absolute atomic E-state index is 0.0871. The number of cyclic esters (lactones) is 1. The first-order valence-corrected chi connectivity index (χ1v) is 7.22. The maximum absolute atomic E-state index is 11.6. The van der Waals surface area contributed by atoms with Crippen LogP contribution in [0.3, 0.4) is 0 Å². The molecule has 0 unspecified atom stereocenters. The molecular weight excluding hydrogens is 246 g/mol. The van der Waals surface area contributed by atoms with Crippen LogP contribution in [0, 0.1) is 0 Å². The number of ether oxygens (including phenoxy) is 1. The highest BCUT2D eigenvalue weighted by atomic mass is 16.6. The molecule has 19 heavy (non-hydrogen) atoms. The van der Waals surface area contributed by atoms with Crippen molar-refractivity contribution >= 4 is 12.1 Å². The largest absolute Gasteiger partial charge is 0.448 e. The van der Waals surface area contributed by atoms with Crippen LogP contribution in [0.2, 0.25) is 0 Å². The van der Waals surface area contributed by atoms with E-state index in [1.54, 1.807) is 4.90 Å². The van der Waals surface area contributed by atoms with Crippen molar-refractivity contribution in [3.63, 3.8) is 0 Å². The molecule has 0 aromatic carbocycles. The van der Waals surface area contributed by atoms with E-state index in [0.29, 0.717) is 32.3 Å². The molecule has 1 heterocycles. The molecule has 0 aromatic rings. The van der Waals surface area contributed by atoms with Gasteiger partial charge in [0.25, 0.3) is 0 Å². The van der Waals surface area contributed by atoms with Gasteiger partial charge in [-0.05, 0) is 19.3 Å². The Hall–Kier alpha value is -1.46. The second kappa shape index (κ2) is 7.21. The van der Waals surface area contributed by atoms with Crippen molar-refractivity contribution in [3.05, 3.63) is 0 Å². The third-order valence-electron chi connectivity index (χ3n) is 3.68. The minimum Gasteiger partial charge on any atom is -0.448 e. The predicted octanol–water partition coefficient (Wildman–Crippen LogP) is 1.46. The number of rotatable bonds is 5. The highest BCUT2D eigenvalue weighted by Crippen LogP contribution is 2.17. The summed E-state index contributed by atoms with van der Waals surface area (Å²) in [6, 6.07) is 0.248. The summed E-state index contributed by atoms with van der Waals surface area (Å²) in [4.78, 5) is 24.5. The van der Waals surface area contributed by atoms with Crippen molar-refractivity contribution in [1.29, 1.82) is 0 Å². The van der Waals surface area contributed by atoms with Crippen LogP contribution in [0.5, 0.6) is 0 Å². The molecule has 6 nitrogen and oxygen atoms in total. The second-order valence-electron chi connectivity index (χ2n) is 5.19. The van der Waals surface area contributed by atoms with E-state index in [1.807, 2.05) is 0 Å². The van der Waals surface area contributed by atoms with Gasteiger partial charge in [0, 0.05) is 19.1 Å². The lowest BCUT2D eigenvalue weighted by Gasteiger charge is -2.23. The average molecular weight is 269 g/mol. The van der Waals surface area contributed by atoms with Crippen LogP contribution >= 0.6 is 0 Å². The van der Waals surface area contributed by atoms with E-state index in [1.165, 1.54) is 19.3 Å². The Labute approximate surface area is 113 Å². The van der Waals surface area contributed by atoms with Crippen LogP contribution in [0.15, 0.2) is 0 Å². The molecule has 0 radical (unpaired) electrons. The molecule has 2 rings (SSSR count). The maximum Gasteiger partial charge on any atom is 0.409 e. The summed E-state index contributed by atoms with van der Waals surface area (Å²) in [5, 5.41) is 5.84. The van der Waals surface area contributed by atoms with Crippen LogP contribution < -0.4 is 10.6 Å². The quantitative estimate of drug-likeness (QED) is 0.742. The number of nitrogens with one attached hydrogen (secondary N) is 2. The molecule has 1 aliphatic carbocycles. The van der Waals surface area contributed by atoms with Crippen LogP contribution in [0.25, 0.3) is 0 Å². The van der Waals surface area contributed by atoms with Crippen LogP contribution in [-0.4, -0.2) is 49.3 Å². The van der Waals surface area contributed by atoms with Gasteiger partial charge in [-0.25, -0.2) is 9.59 Å². The van der Waals surface area contributed by atoms with Gasteiger partial charge in [0.2, 0.25) is 0 Å². The first-order valence-electron chi connectivity index (χ1n) is 7.22. The van der Waals surface area contributed by atoms with Crippen LogP contribution in [0.1, 0.15) is 38.5 Å². The Morgan fingerprint density at radius 3 is 2.79 bits per heavy atom. The molecule has 0 bridgehead atoms. The molecule has 2 aliphatic rings. The number of hydrogen-bond acceptors (Lipinski definition) is 3. The fourth-order valence-electron chi connectivity index (χ4n) is 2.58. The summed E-state index contributed by atoms with van der Waals surface area (Å²) in [5.74, 6) is 0. The lowest BCUT2D eigenvalue weighted by atomic mass is 9.96. The van der Waals surface area contributed by atoms with E-state index in [-0.39, 0.29) is 12.1 Å². The summed E-state index contributed by atoms with van der Waals surface area (Å²) in [6.45, 7) is 2.37. The number of amides is 3. The van der Waals surface area contributed by atoms with E-state index in [0.717, 1.165) is 19.3 Å². The van der Waals surface area contributed by atoms with Gasteiger partial charge in [-0.15, -0.1) is 0 Å². The molecule has 1 aliphatic heterocycles. The average Bonchev–Trinajstić information content (AvgIpc) is 2.81.